The van der Waals surface area contributed by atoms with Crippen molar-refractivity contribution in [3.05, 3.63) is 169 Å². The number of aliphatic carboxylic acids is 1. The molecular formula is C80H96N14O13. The fourth-order valence-corrected chi connectivity index (χ4v) is 13.3. The first-order chi connectivity index (χ1) is 50.6. The van der Waals surface area contributed by atoms with Gasteiger partial charge < -0.3 is 55.9 Å². The van der Waals surface area contributed by atoms with E-state index in [2.05, 4.69) is 66.0 Å². The van der Waals surface area contributed by atoms with Crippen LogP contribution in [0.2, 0.25) is 0 Å². The number of amides is 7. The van der Waals surface area contributed by atoms with Crippen LogP contribution in [0, 0.1) is 11.8 Å². The van der Waals surface area contributed by atoms with Crippen LogP contribution in [0.1, 0.15) is 117 Å². The number of alkyl carbamates (subject to hydrolysis) is 2. The number of hydrogen-bond donors (Lipinski definition) is 6. The Balaban J connectivity index is 0.000000237. The van der Waals surface area contributed by atoms with E-state index in [9.17, 15) is 47.9 Å². The number of carbonyl (C=O) groups excluding carboxylic acids is 9. The largest absolute Gasteiger partial charge is 0.481 e. The van der Waals surface area contributed by atoms with Crippen LogP contribution < -0.4 is 26.6 Å². The van der Waals surface area contributed by atoms with Gasteiger partial charge in [-0.2, -0.15) is 0 Å². The van der Waals surface area contributed by atoms with E-state index >= 15 is 0 Å². The highest BCUT2D eigenvalue weighted by Gasteiger charge is 2.41. The van der Waals surface area contributed by atoms with E-state index in [0.29, 0.717) is 86.1 Å². The number of carboxylic acids is 1. The number of pyridine rings is 2. The molecule has 27 heteroatoms. The molecule has 8 heterocycles. The highest BCUT2D eigenvalue weighted by molar-refractivity contribution is 6.01. The second-order valence-corrected chi connectivity index (χ2v) is 27.0. The number of hydrogen-bond acceptors (Lipinski definition) is 19. The molecule has 0 aliphatic carbocycles. The fourth-order valence-electron chi connectivity index (χ4n) is 13.3. The first kappa shape index (κ1) is 81.2. The third-order valence-corrected chi connectivity index (χ3v) is 18.9. The zero-order chi connectivity index (χ0) is 74.7. The minimum absolute atomic E-state index is 0. The molecule has 4 saturated heterocycles. The predicted octanol–water partition coefficient (Wildman–Crippen LogP) is 9.80. The second-order valence-electron chi connectivity index (χ2n) is 27.0. The second kappa shape index (κ2) is 38.5. The molecule has 0 unspecified atom stereocenters. The molecule has 6 N–H and O–H groups in total. The topological polar surface area (TPSA) is 357 Å². The molecule has 6 atom stereocenters. The highest BCUT2D eigenvalue weighted by Crippen LogP contribution is 2.30. The summed E-state index contributed by atoms with van der Waals surface area (Å²) in [5.74, 6) is -0.815. The molecule has 4 aliphatic heterocycles. The van der Waals surface area contributed by atoms with Crippen molar-refractivity contribution in [2.75, 3.05) is 51.0 Å². The summed E-state index contributed by atoms with van der Waals surface area (Å²) in [7, 11) is 2.48. The van der Waals surface area contributed by atoms with Crippen LogP contribution in [-0.4, -0.2) is 186 Å². The Hall–Kier alpha value is -11.5. The standard InChI is InChI=1S/C39H43N7O6.C31H37N7O5.C8H8O2.2CH4/c1-24(2)36(44-39(51)52-3)38(50)46-18-8-12-31(46)37(49)43-33-16-14-27-20-26(13-15-29(27)42-33)28-22-40-34(41-23-28)21-32(47)30-11-7-17-45(30)35(48)19-25-9-5-4-6-10-25;1-18(2)28(37-31(42)43-3)30(41)38-13-5-7-24(38)29(40)36-26-11-9-20-14-19(8-10-22(20)35-26)21-16-33-27(34-17-21)15-25(39)23-6-4-12-32-23;9-8(10)6-7-4-2-1-3-5-7;;/h4-6,9-10,13-16,20,22-24,30-31,36H,7-8,11-12,17-19,21H2,1-3H3,(H,44,51)(H,42,43,49);8-11,14,16-18,23-24,28,32H,4-7,12-13,15H2,1-3H3,(H,37,42)(H,35,36,40);1-5H,6H2,(H,9,10);2*1H4/t30-,31-,36-;23-,24-,28-;;;/m00.../s1. The number of likely N-dealkylation sites (tertiary alicyclic amines) is 3. The lowest BCUT2D eigenvalue weighted by Gasteiger charge is -2.30. The average Bonchev–Trinajstić information content (AvgIpc) is 1.80. The summed E-state index contributed by atoms with van der Waals surface area (Å²) in [4.78, 5) is 157. The minimum atomic E-state index is -0.817. The van der Waals surface area contributed by atoms with Crippen molar-refractivity contribution < 1.29 is 62.5 Å². The molecule has 107 heavy (non-hydrogen) atoms. The summed E-state index contributed by atoms with van der Waals surface area (Å²) in [6.07, 6.45) is 11.7. The Labute approximate surface area is 622 Å². The molecule has 12 rings (SSSR count). The third kappa shape index (κ3) is 21.6. The predicted molar refractivity (Wildman–Crippen MR) is 405 cm³/mol. The van der Waals surface area contributed by atoms with Crippen molar-refractivity contribution in [1.29, 1.82) is 0 Å². The van der Waals surface area contributed by atoms with Crippen LogP contribution in [0.4, 0.5) is 21.2 Å². The van der Waals surface area contributed by atoms with Crippen LogP contribution in [0.15, 0.2) is 146 Å². The third-order valence-electron chi connectivity index (χ3n) is 18.9. The molecule has 27 nitrogen and oxygen atoms in total. The first-order valence-electron chi connectivity index (χ1n) is 35.4. The van der Waals surface area contributed by atoms with Crippen LogP contribution in [0.25, 0.3) is 44.1 Å². The van der Waals surface area contributed by atoms with Gasteiger partial charge in [-0.15, -0.1) is 0 Å². The first-order valence-corrected chi connectivity index (χ1v) is 35.4. The number of rotatable bonds is 22. The van der Waals surface area contributed by atoms with E-state index in [0.717, 1.165) is 70.0 Å². The maximum absolute atomic E-state index is 13.4. The Morgan fingerprint density at radius 3 is 1.32 bits per heavy atom. The van der Waals surface area contributed by atoms with Crippen molar-refractivity contribution in [3.8, 4) is 22.3 Å². The van der Waals surface area contributed by atoms with Crippen molar-refractivity contribution in [2.45, 2.75) is 156 Å². The van der Waals surface area contributed by atoms with Gasteiger partial charge in [-0.3, -0.25) is 38.4 Å². The number of anilines is 2. The lowest BCUT2D eigenvalue weighted by Crippen LogP contribution is -2.54. The molecule has 4 aromatic carbocycles. The van der Waals surface area contributed by atoms with E-state index in [1.54, 1.807) is 54.0 Å². The van der Waals surface area contributed by atoms with Crippen LogP contribution in [-0.2, 0) is 73.5 Å². The Morgan fingerprint density at radius 1 is 0.486 bits per heavy atom. The van der Waals surface area contributed by atoms with Gasteiger partial charge in [-0.05, 0) is 141 Å². The van der Waals surface area contributed by atoms with Gasteiger partial charge in [0, 0.05) is 66.3 Å². The van der Waals surface area contributed by atoms with Crippen molar-refractivity contribution in [3.63, 3.8) is 0 Å². The summed E-state index contributed by atoms with van der Waals surface area (Å²) >= 11 is 0. The molecule has 0 saturated carbocycles. The van der Waals surface area contributed by atoms with Crippen molar-refractivity contribution in [1.82, 2.24) is 60.6 Å². The summed E-state index contributed by atoms with van der Waals surface area (Å²) in [6.45, 7) is 9.58. The van der Waals surface area contributed by atoms with Gasteiger partial charge in [-0.1, -0.05) is 115 Å². The number of benzene rings is 4. The maximum Gasteiger partial charge on any atom is 0.407 e. The van der Waals surface area contributed by atoms with E-state index in [4.69, 9.17) is 5.11 Å². The molecule has 564 valence electrons. The Morgan fingerprint density at radius 2 is 0.907 bits per heavy atom. The van der Waals surface area contributed by atoms with E-state index < -0.39 is 48.4 Å². The smallest absolute Gasteiger partial charge is 0.407 e. The fraction of sp³-hybridized carbons (Fsp3) is 0.400. The van der Waals surface area contributed by atoms with Gasteiger partial charge in [-0.25, -0.2) is 39.5 Å². The molecular weight excluding hydrogens is 1360 g/mol. The van der Waals surface area contributed by atoms with Crippen LogP contribution >= 0.6 is 0 Å². The normalized spacial score (nSPS) is 17.0. The minimum Gasteiger partial charge on any atom is -0.481 e. The SMILES string of the molecule is C.C.COC(=O)N[C@H](C(=O)N1CCC[C@H]1C(=O)Nc1ccc2cc(-c3cnc(CC(=O)[C@@H]4CCCN4)nc3)ccc2n1)C(C)C.COC(=O)N[C@H](C(=O)N1CCC[C@H]1C(=O)Nc1ccc2cc(-c3cnc(CC(=O)[C@@H]4CCCN4C(=O)Cc4ccccc4)nc3)ccc2n1)C(C)C.O=C(O)Cc1ccccc1. The molecule has 0 radical (unpaired) electrons. The van der Waals surface area contributed by atoms with Gasteiger partial charge in [0.1, 0.15) is 47.5 Å². The molecule has 7 amide bonds. The molecule has 8 aromatic rings. The molecule has 4 aromatic heterocycles. The average molecular weight is 1460 g/mol. The van der Waals surface area contributed by atoms with Crippen LogP contribution in [0.3, 0.4) is 0 Å². The van der Waals surface area contributed by atoms with Gasteiger partial charge in [0.2, 0.25) is 29.5 Å². The van der Waals surface area contributed by atoms with Gasteiger partial charge in [0.25, 0.3) is 0 Å². The van der Waals surface area contributed by atoms with E-state index in [1.165, 1.54) is 24.0 Å². The van der Waals surface area contributed by atoms with Gasteiger partial charge in [0.05, 0.1) is 63.0 Å². The monoisotopic (exact) mass is 1460 g/mol. The number of aromatic nitrogens is 6. The molecule has 0 spiro atoms. The summed E-state index contributed by atoms with van der Waals surface area (Å²) in [5.41, 5.74) is 6.47. The Bertz CT molecular complexity index is 4430. The van der Waals surface area contributed by atoms with Crippen molar-refractivity contribution in [2.24, 2.45) is 11.8 Å². The summed E-state index contributed by atoms with van der Waals surface area (Å²) in [5, 5.41) is 24.2. The lowest BCUT2D eigenvalue weighted by molar-refractivity contribution is -0.139. The maximum atomic E-state index is 13.4. The summed E-state index contributed by atoms with van der Waals surface area (Å²) < 4.78 is 9.35. The zero-order valence-corrected chi connectivity index (χ0v) is 59.7. The van der Waals surface area contributed by atoms with E-state index in [1.807, 2.05) is 125 Å². The number of fused-ring (bicyclic) bond motifs is 2. The number of nitrogens with one attached hydrogen (secondary N) is 5. The number of carboxylic acid groups (broad SMARTS) is 1. The number of Topliss-reactive ketones (excluding diaryl/α,β-unsaturated/α-hetero) is 2. The zero-order valence-electron chi connectivity index (χ0n) is 59.7. The summed E-state index contributed by atoms with van der Waals surface area (Å²) in [6, 6.07) is 33.7. The number of nitrogens with zero attached hydrogens (tertiary/aromatic N) is 9. The number of methoxy groups -OCH3 is 2. The molecule has 4 fully saturated rings. The van der Waals surface area contributed by atoms with E-state index in [-0.39, 0.29) is 99.5 Å². The van der Waals surface area contributed by atoms with Gasteiger partial charge >= 0.3 is 18.2 Å². The Kier molecular flexibility index (Phi) is 29.2. The number of ketones is 2. The van der Waals surface area contributed by atoms with Crippen molar-refractivity contribution >= 4 is 92.7 Å². The quantitative estimate of drug-likeness (QED) is 0.0367. The molecule has 0 bridgehead atoms. The number of carbonyl (C=O) groups is 10. The molecule has 4 aliphatic rings. The van der Waals surface area contributed by atoms with Gasteiger partial charge in [0.15, 0.2) is 11.6 Å². The van der Waals surface area contributed by atoms with Crippen LogP contribution in [0.5, 0.6) is 0 Å². The lowest BCUT2D eigenvalue weighted by atomic mass is 10.0. The highest BCUT2D eigenvalue weighted by atomic mass is 16.5. The number of ether oxygens (including phenoxy) is 2.